The Balaban J connectivity index is 2.28. The van der Waals surface area contributed by atoms with Crippen LogP contribution in [0.25, 0.3) is 0 Å². The normalized spacial score (nSPS) is 19.1. The molecule has 0 aromatic carbocycles. The molecule has 0 spiro atoms. The van der Waals surface area contributed by atoms with Crippen LogP contribution in [-0.4, -0.2) is 30.9 Å². The van der Waals surface area contributed by atoms with Crippen molar-refractivity contribution in [3.8, 4) is 0 Å². The van der Waals surface area contributed by atoms with E-state index in [1.165, 1.54) is 6.42 Å². The van der Waals surface area contributed by atoms with Gasteiger partial charge < -0.3 is 14.6 Å². The summed E-state index contributed by atoms with van der Waals surface area (Å²) < 4.78 is 9.83. The SMILES string of the molecule is C=COC(=O)COCC1(CO)CCCCC1. The molecule has 1 rings (SSSR count). The Kier molecular flexibility index (Phi) is 5.49. The number of carbonyl (C=O) groups excluding carboxylic acids is 1. The largest absolute Gasteiger partial charge is 0.433 e. The van der Waals surface area contributed by atoms with Crippen LogP contribution in [0, 0.1) is 5.41 Å². The summed E-state index contributed by atoms with van der Waals surface area (Å²) in [5.41, 5.74) is -0.146. The Labute approximate surface area is 96.2 Å². The van der Waals surface area contributed by atoms with Crippen molar-refractivity contribution in [2.24, 2.45) is 5.41 Å². The summed E-state index contributed by atoms with van der Waals surface area (Å²) in [6, 6.07) is 0. The van der Waals surface area contributed by atoms with Crippen LogP contribution in [0.3, 0.4) is 0 Å². The lowest BCUT2D eigenvalue weighted by molar-refractivity contribution is -0.145. The maximum absolute atomic E-state index is 11.0. The summed E-state index contributed by atoms with van der Waals surface area (Å²) in [6.07, 6.45) is 6.51. The van der Waals surface area contributed by atoms with Gasteiger partial charge in [0, 0.05) is 5.41 Å². The van der Waals surface area contributed by atoms with Gasteiger partial charge in [-0.15, -0.1) is 0 Å². The van der Waals surface area contributed by atoms with Gasteiger partial charge in [-0.25, -0.2) is 4.79 Å². The summed E-state index contributed by atoms with van der Waals surface area (Å²) >= 11 is 0. The Morgan fingerprint density at radius 3 is 2.62 bits per heavy atom. The second-order valence-corrected chi connectivity index (χ2v) is 4.37. The van der Waals surface area contributed by atoms with Gasteiger partial charge in [0.1, 0.15) is 6.61 Å². The standard InChI is InChI=1S/C12H20O4/c1-2-16-11(14)8-15-10-12(9-13)6-4-3-5-7-12/h2,13H,1,3-10H2. The Bertz CT molecular complexity index is 231. The molecule has 1 fully saturated rings. The van der Waals surface area contributed by atoms with Crippen LogP contribution in [0.1, 0.15) is 32.1 Å². The van der Waals surface area contributed by atoms with Crippen molar-refractivity contribution in [1.82, 2.24) is 0 Å². The van der Waals surface area contributed by atoms with Crippen molar-refractivity contribution in [2.75, 3.05) is 19.8 Å². The van der Waals surface area contributed by atoms with E-state index in [0.29, 0.717) is 6.61 Å². The average Bonchev–Trinajstić information content (AvgIpc) is 2.31. The lowest BCUT2D eigenvalue weighted by Crippen LogP contribution is -2.34. The first-order valence-electron chi connectivity index (χ1n) is 5.71. The quantitative estimate of drug-likeness (QED) is 0.554. The first-order valence-corrected chi connectivity index (χ1v) is 5.71. The highest BCUT2D eigenvalue weighted by Crippen LogP contribution is 2.35. The minimum Gasteiger partial charge on any atom is -0.433 e. The van der Waals surface area contributed by atoms with E-state index in [2.05, 4.69) is 11.3 Å². The molecular formula is C12H20O4. The van der Waals surface area contributed by atoms with Crippen LogP contribution in [0.4, 0.5) is 0 Å². The number of carbonyl (C=O) groups is 1. The van der Waals surface area contributed by atoms with Crippen LogP contribution in [0.5, 0.6) is 0 Å². The Morgan fingerprint density at radius 1 is 1.38 bits per heavy atom. The molecule has 0 heterocycles. The summed E-state index contributed by atoms with van der Waals surface area (Å²) in [5, 5.41) is 9.40. The molecule has 4 heteroatoms. The molecule has 0 bridgehead atoms. The molecule has 0 saturated heterocycles. The number of rotatable bonds is 6. The van der Waals surface area contributed by atoms with Crippen LogP contribution in [0.15, 0.2) is 12.8 Å². The van der Waals surface area contributed by atoms with E-state index in [9.17, 15) is 9.90 Å². The fraction of sp³-hybridized carbons (Fsp3) is 0.750. The van der Waals surface area contributed by atoms with Gasteiger partial charge in [0.05, 0.1) is 19.5 Å². The molecule has 0 aliphatic heterocycles. The predicted molar refractivity (Wildman–Crippen MR) is 59.7 cm³/mol. The highest BCUT2D eigenvalue weighted by atomic mass is 16.6. The molecule has 4 nitrogen and oxygen atoms in total. The van der Waals surface area contributed by atoms with Crippen LogP contribution in [0.2, 0.25) is 0 Å². The predicted octanol–water partition coefficient (Wildman–Crippen LogP) is 1.63. The molecule has 0 radical (unpaired) electrons. The van der Waals surface area contributed by atoms with Gasteiger partial charge in [0.25, 0.3) is 0 Å². The molecule has 1 saturated carbocycles. The number of hydrogen-bond acceptors (Lipinski definition) is 4. The summed E-state index contributed by atoms with van der Waals surface area (Å²) in [6.45, 7) is 3.77. The zero-order valence-corrected chi connectivity index (χ0v) is 9.61. The first kappa shape index (κ1) is 13.2. The van der Waals surface area contributed by atoms with Gasteiger partial charge >= 0.3 is 5.97 Å². The fourth-order valence-electron chi connectivity index (χ4n) is 2.13. The van der Waals surface area contributed by atoms with Gasteiger partial charge in [-0.05, 0) is 12.8 Å². The number of ether oxygens (including phenoxy) is 2. The second kappa shape index (κ2) is 6.66. The number of aliphatic hydroxyl groups excluding tert-OH is 1. The molecular weight excluding hydrogens is 208 g/mol. The number of hydrogen-bond donors (Lipinski definition) is 1. The molecule has 92 valence electrons. The van der Waals surface area contributed by atoms with Crippen LogP contribution >= 0.6 is 0 Å². The Morgan fingerprint density at radius 2 is 2.06 bits per heavy atom. The fourth-order valence-corrected chi connectivity index (χ4v) is 2.13. The van der Waals surface area contributed by atoms with Crippen molar-refractivity contribution in [2.45, 2.75) is 32.1 Å². The summed E-state index contributed by atoms with van der Waals surface area (Å²) in [4.78, 5) is 11.0. The number of esters is 1. The maximum Gasteiger partial charge on any atom is 0.336 e. The van der Waals surface area contributed by atoms with E-state index in [1.54, 1.807) is 0 Å². The van der Waals surface area contributed by atoms with Gasteiger partial charge in [0.15, 0.2) is 0 Å². The van der Waals surface area contributed by atoms with Gasteiger partial charge in [-0.1, -0.05) is 25.8 Å². The first-order chi connectivity index (χ1) is 7.72. The van der Waals surface area contributed by atoms with Crippen molar-refractivity contribution in [3.05, 3.63) is 12.8 Å². The van der Waals surface area contributed by atoms with E-state index in [0.717, 1.165) is 31.9 Å². The second-order valence-electron chi connectivity index (χ2n) is 4.37. The molecule has 0 atom stereocenters. The third-order valence-electron chi connectivity index (χ3n) is 3.09. The Hall–Kier alpha value is -0.870. The molecule has 0 amide bonds. The lowest BCUT2D eigenvalue weighted by atomic mass is 9.75. The van der Waals surface area contributed by atoms with Gasteiger partial charge in [0.2, 0.25) is 0 Å². The molecule has 0 aromatic heterocycles. The van der Waals surface area contributed by atoms with Crippen molar-refractivity contribution in [1.29, 1.82) is 0 Å². The minimum absolute atomic E-state index is 0.0756. The van der Waals surface area contributed by atoms with Crippen LogP contribution in [-0.2, 0) is 14.3 Å². The topological polar surface area (TPSA) is 55.8 Å². The lowest BCUT2D eigenvalue weighted by Gasteiger charge is -2.35. The molecule has 16 heavy (non-hydrogen) atoms. The molecule has 1 aliphatic carbocycles. The van der Waals surface area contributed by atoms with Gasteiger partial charge in [-0.2, -0.15) is 0 Å². The molecule has 0 unspecified atom stereocenters. The smallest absolute Gasteiger partial charge is 0.336 e. The van der Waals surface area contributed by atoms with E-state index in [4.69, 9.17) is 4.74 Å². The molecule has 0 aromatic rings. The van der Waals surface area contributed by atoms with Gasteiger partial charge in [-0.3, -0.25) is 0 Å². The average molecular weight is 228 g/mol. The van der Waals surface area contributed by atoms with E-state index >= 15 is 0 Å². The highest BCUT2D eigenvalue weighted by Gasteiger charge is 2.31. The zero-order chi connectivity index (χ0) is 11.9. The highest BCUT2D eigenvalue weighted by molar-refractivity contribution is 5.71. The minimum atomic E-state index is -0.445. The maximum atomic E-state index is 11.0. The molecule has 1 aliphatic rings. The van der Waals surface area contributed by atoms with E-state index in [-0.39, 0.29) is 18.6 Å². The third kappa shape index (κ3) is 3.94. The number of aliphatic hydroxyl groups is 1. The third-order valence-corrected chi connectivity index (χ3v) is 3.09. The van der Waals surface area contributed by atoms with Crippen molar-refractivity contribution >= 4 is 5.97 Å². The summed E-state index contributed by atoms with van der Waals surface area (Å²) in [7, 11) is 0. The van der Waals surface area contributed by atoms with Crippen molar-refractivity contribution < 1.29 is 19.4 Å². The van der Waals surface area contributed by atoms with E-state index in [1.807, 2.05) is 0 Å². The van der Waals surface area contributed by atoms with E-state index < -0.39 is 5.97 Å². The van der Waals surface area contributed by atoms with Crippen LogP contribution < -0.4 is 0 Å². The summed E-state index contributed by atoms with van der Waals surface area (Å²) in [5.74, 6) is -0.445. The molecule has 1 N–H and O–H groups in total. The zero-order valence-electron chi connectivity index (χ0n) is 9.61. The monoisotopic (exact) mass is 228 g/mol. The van der Waals surface area contributed by atoms with Crippen molar-refractivity contribution in [3.63, 3.8) is 0 Å².